The Labute approximate surface area is 129 Å². The highest BCUT2D eigenvalue weighted by molar-refractivity contribution is 5.92. The number of likely N-dealkylation sites (N-methyl/N-ethyl adjacent to an activating group) is 2. The first-order valence-electron chi connectivity index (χ1n) is 7.18. The fourth-order valence-corrected chi connectivity index (χ4v) is 2.82. The van der Waals surface area contributed by atoms with Crippen molar-refractivity contribution >= 4 is 11.8 Å². The van der Waals surface area contributed by atoms with Crippen LogP contribution in [0.1, 0.15) is 22.9 Å². The topological polar surface area (TPSA) is 53.8 Å². The van der Waals surface area contributed by atoms with Crippen molar-refractivity contribution in [3.05, 3.63) is 59.5 Å². The summed E-state index contributed by atoms with van der Waals surface area (Å²) in [5.41, 5.74) is 1.83. The summed E-state index contributed by atoms with van der Waals surface area (Å²) in [4.78, 5) is 28.1. The third-order valence-corrected chi connectivity index (χ3v) is 4.06. The van der Waals surface area contributed by atoms with Crippen LogP contribution in [0.4, 0.5) is 0 Å². The Morgan fingerprint density at radius 2 is 2.09 bits per heavy atom. The fraction of sp³-hybridized carbons (Fsp3) is 0.294. The lowest BCUT2D eigenvalue weighted by molar-refractivity contribution is -0.145. The Morgan fingerprint density at radius 3 is 2.82 bits per heavy atom. The van der Waals surface area contributed by atoms with Gasteiger partial charge in [0.1, 0.15) is 11.8 Å². The Morgan fingerprint density at radius 1 is 1.32 bits per heavy atom. The molecule has 3 rings (SSSR count). The monoisotopic (exact) mass is 298 g/mol. The van der Waals surface area contributed by atoms with Gasteiger partial charge in [-0.25, -0.2) is 0 Å². The van der Waals surface area contributed by atoms with Crippen LogP contribution in [0, 0.1) is 0 Å². The van der Waals surface area contributed by atoms with Gasteiger partial charge in [0.2, 0.25) is 11.8 Å². The van der Waals surface area contributed by atoms with E-state index in [4.69, 9.17) is 4.42 Å². The molecule has 0 N–H and O–H groups in total. The predicted octanol–water partition coefficient (Wildman–Crippen LogP) is 1.99. The molecule has 1 aromatic heterocycles. The molecule has 22 heavy (non-hydrogen) atoms. The third-order valence-electron chi connectivity index (χ3n) is 4.06. The minimum atomic E-state index is -0.572. The van der Waals surface area contributed by atoms with Gasteiger partial charge in [-0.05, 0) is 23.3 Å². The maximum Gasteiger partial charge on any atom is 0.250 e. The molecule has 0 bridgehead atoms. The zero-order chi connectivity index (χ0) is 15.7. The molecule has 5 heteroatoms. The lowest BCUT2D eigenvalue weighted by Gasteiger charge is -2.35. The number of hydrogen-bond donors (Lipinski definition) is 0. The smallest absolute Gasteiger partial charge is 0.250 e. The second-order valence-corrected chi connectivity index (χ2v) is 5.56. The zero-order valence-corrected chi connectivity index (χ0v) is 12.7. The number of carbonyl (C=O) groups excluding carboxylic acids is 2. The van der Waals surface area contributed by atoms with Crippen molar-refractivity contribution in [2.24, 2.45) is 0 Å². The van der Waals surface area contributed by atoms with E-state index in [1.807, 2.05) is 30.3 Å². The molecule has 2 aromatic rings. The van der Waals surface area contributed by atoms with Crippen molar-refractivity contribution in [3.63, 3.8) is 0 Å². The molecule has 1 aliphatic rings. The minimum Gasteiger partial charge on any atom is -0.467 e. The van der Waals surface area contributed by atoms with Crippen molar-refractivity contribution in [2.45, 2.75) is 19.0 Å². The van der Waals surface area contributed by atoms with E-state index in [9.17, 15) is 9.59 Å². The van der Waals surface area contributed by atoms with Gasteiger partial charge in [0.05, 0.1) is 19.2 Å². The maximum absolute atomic E-state index is 12.8. The van der Waals surface area contributed by atoms with E-state index in [2.05, 4.69) is 0 Å². The number of hydrogen-bond acceptors (Lipinski definition) is 3. The van der Waals surface area contributed by atoms with Gasteiger partial charge in [-0.2, -0.15) is 0 Å². The first-order chi connectivity index (χ1) is 10.6. The number of furan rings is 1. The van der Waals surface area contributed by atoms with Crippen molar-refractivity contribution in [1.82, 2.24) is 9.80 Å². The van der Waals surface area contributed by atoms with Gasteiger partial charge >= 0.3 is 0 Å². The van der Waals surface area contributed by atoms with E-state index < -0.39 is 6.04 Å². The predicted molar refractivity (Wildman–Crippen MR) is 80.8 cm³/mol. The first-order valence-corrected chi connectivity index (χ1v) is 7.18. The summed E-state index contributed by atoms with van der Waals surface area (Å²) >= 11 is 0. The zero-order valence-electron chi connectivity index (χ0n) is 12.7. The summed E-state index contributed by atoms with van der Waals surface area (Å²) in [6.07, 6.45) is 1.93. The van der Waals surface area contributed by atoms with Crippen LogP contribution in [0.25, 0.3) is 0 Å². The fourth-order valence-electron chi connectivity index (χ4n) is 2.82. The van der Waals surface area contributed by atoms with Crippen LogP contribution in [0.2, 0.25) is 0 Å². The van der Waals surface area contributed by atoms with Gasteiger partial charge in [0.25, 0.3) is 0 Å². The number of carbonyl (C=O) groups is 2. The molecule has 2 heterocycles. The van der Waals surface area contributed by atoms with E-state index in [0.717, 1.165) is 11.1 Å². The van der Waals surface area contributed by atoms with Gasteiger partial charge < -0.3 is 14.2 Å². The summed E-state index contributed by atoms with van der Waals surface area (Å²) in [6, 6.07) is 10.7. The number of nitrogens with zero attached hydrogens (tertiary/aromatic N) is 2. The highest BCUT2D eigenvalue weighted by atomic mass is 16.3. The van der Waals surface area contributed by atoms with E-state index in [1.165, 1.54) is 4.90 Å². The van der Waals surface area contributed by atoms with Crippen LogP contribution in [0.15, 0.2) is 47.1 Å². The summed E-state index contributed by atoms with van der Waals surface area (Å²) < 4.78 is 5.28. The quantitative estimate of drug-likeness (QED) is 0.871. The largest absolute Gasteiger partial charge is 0.467 e. The molecule has 0 aliphatic carbocycles. The van der Waals surface area contributed by atoms with E-state index >= 15 is 0 Å². The minimum absolute atomic E-state index is 0.0385. The van der Waals surface area contributed by atoms with Crippen LogP contribution in [0.5, 0.6) is 0 Å². The van der Waals surface area contributed by atoms with Gasteiger partial charge in [-0.3, -0.25) is 9.59 Å². The summed E-state index contributed by atoms with van der Waals surface area (Å²) in [7, 11) is 3.40. The van der Waals surface area contributed by atoms with Crippen LogP contribution in [0.3, 0.4) is 0 Å². The van der Waals surface area contributed by atoms with Gasteiger partial charge in [-0.15, -0.1) is 0 Å². The molecule has 0 radical (unpaired) electrons. The summed E-state index contributed by atoms with van der Waals surface area (Å²) in [5, 5.41) is 0. The number of benzene rings is 1. The van der Waals surface area contributed by atoms with Crippen LogP contribution in [-0.4, -0.2) is 35.7 Å². The molecule has 0 spiro atoms. The standard InChI is InChI=1S/C17H18N2O3/c1-18(11-13-7-5-9-22-13)17(21)16-14-8-4-3-6-12(14)10-15(20)19(16)2/h3-9,16H,10-11H2,1-2H3. The van der Waals surface area contributed by atoms with Crippen molar-refractivity contribution in [2.75, 3.05) is 14.1 Å². The highest BCUT2D eigenvalue weighted by Crippen LogP contribution is 2.30. The SMILES string of the molecule is CN(Cc1ccco1)C(=O)C1c2ccccc2CC(=O)N1C. The molecule has 2 amide bonds. The molecule has 5 nitrogen and oxygen atoms in total. The van der Waals surface area contributed by atoms with Gasteiger partial charge in [0, 0.05) is 14.1 Å². The molecule has 0 saturated carbocycles. The molecule has 0 fully saturated rings. The molecular formula is C17H18N2O3. The molecular weight excluding hydrogens is 280 g/mol. The van der Waals surface area contributed by atoms with Gasteiger partial charge in [-0.1, -0.05) is 24.3 Å². The maximum atomic E-state index is 12.8. The number of rotatable bonds is 3. The molecule has 1 unspecified atom stereocenters. The lowest BCUT2D eigenvalue weighted by atomic mass is 9.92. The Balaban J connectivity index is 1.88. The molecule has 114 valence electrons. The number of fused-ring (bicyclic) bond motifs is 1. The van der Waals surface area contributed by atoms with Crippen LogP contribution >= 0.6 is 0 Å². The normalized spacial score (nSPS) is 17.3. The highest BCUT2D eigenvalue weighted by Gasteiger charge is 2.36. The lowest BCUT2D eigenvalue weighted by Crippen LogP contribution is -2.45. The van der Waals surface area contributed by atoms with Crippen molar-refractivity contribution in [1.29, 1.82) is 0 Å². The van der Waals surface area contributed by atoms with Crippen molar-refractivity contribution < 1.29 is 14.0 Å². The second kappa shape index (κ2) is 5.67. The van der Waals surface area contributed by atoms with Crippen molar-refractivity contribution in [3.8, 4) is 0 Å². The Hall–Kier alpha value is -2.56. The molecule has 1 aromatic carbocycles. The molecule has 1 aliphatic heterocycles. The average Bonchev–Trinajstić information content (AvgIpc) is 3.01. The van der Waals surface area contributed by atoms with E-state index in [1.54, 1.807) is 31.3 Å². The third kappa shape index (κ3) is 2.50. The van der Waals surface area contributed by atoms with Gasteiger partial charge in [0.15, 0.2) is 0 Å². The molecule has 0 saturated heterocycles. The average molecular weight is 298 g/mol. The Bertz CT molecular complexity index is 694. The summed E-state index contributed by atoms with van der Waals surface area (Å²) in [6.45, 7) is 0.381. The molecule has 1 atom stereocenters. The second-order valence-electron chi connectivity index (χ2n) is 5.56. The summed E-state index contributed by atoms with van der Waals surface area (Å²) in [5.74, 6) is 0.566. The first kappa shape index (κ1) is 14.4. The van der Waals surface area contributed by atoms with E-state index in [0.29, 0.717) is 18.7 Å². The van der Waals surface area contributed by atoms with Crippen LogP contribution in [-0.2, 0) is 22.6 Å². The van der Waals surface area contributed by atoms with E-state index in [-0.39, 0.29) is 11.8 Å². The van der Waals surface area contributed by atoms with Crippen LogP contribution < -0.4 is 0 Å². The Kier molecular flexibility index (Phi) is 3.71. The number of amides is 2.